The van der Waals surface area contributed by atoms with Gasteiger partial charge in [0, 0.05) is 6.61 Å². The van der Waals surface area contributed by atoms with Crippen LogP contribution in [-0.2, 0) is 21.5 Å². The minimum absolute atomic E-state index is 0.193. The number of ether oxygens (including phenoxy) is 1. The molecule has 0 aliphatic carbocycles. The lowest BCUT2D eigenvalue weighted by atomic mass is 10.2. The molecule has 0 aliphatic rings. The van der Waals surface area contributed by atoms with Crippen LogP contribution in [0.3, 0.4) is 0 Å². The smallest absolute Gasteiger partial charge is 0.264 e. The van der Waals surface area contributed by atoms with E-state index in [9.17, 15) is 8.42 Å². The van der Waals surface area contributed by atoms with Gasteiger partial charge in [-0.25, -0.2) is 0 Å². The van der Waals surface area contributed by atoms with Gasteiger partial charge in [-0.15, -0.1) is 0 Å². The van der Waals surface area contributed by atoms with E-state index in [1.807, 2.05) is 30.3 Å². The Morgan fingerprint density at radius 3 is 2.44 bits per heavy atom. The monoisotopic (exact) mass is 244 g/mol. The van der Waals surface area contributed by atoms with Gasteiger partial charge in [0.15, 0.2) is 0 Å². The molecule has 0 heterocycles. The maximum Gasteiger partial charge on any atom is 0.264 e. The van der Waals surface area contributed by atoms with E-state index in [1.54, 1.807) is 0 Å². The van der Waals surface area contributed by atoms with E-state index >= 15 is 0 Å². The second-order valence-corrected chi connectivity index (χ2v) is 5.10. The van der Waals surface area contributed by atoms with Gasteiger partial charge in [-0.3, -0.25) is 4.55 Å². The molecule has 0 aromatic heterocycles. The van der Waals surface area contributed by atoms with Crippen molar-refractivity contribution in [2.24, 2.45) is 0 Å². The van der Waals surface area contributed by atoms with Gasteiger partial charge < -0.3 is 4.74 Å². The number of rotatable bonds is 7. The van der Waals surface area contributed by atoms with Crippen molar-refractivity contribution >= 4 is 10.1 Å². The van der Waals surface area contributed by atoms with E-state index in [2.05, 4.69) is 0 Å². The molecule has 0 bridgehead atoms. The van der Waals surface area contributed by atoms with E-state index in [1.165, 1.54) is 0 Å². The minimum atomic E-state index is -3.82. The molecule has 0 saturated carbocycles. The Morgan fingerprint density at radius 2 is 1.81 bits per heavy atom. The largest absolute Gasteiger partial charge is 0.377 e. The highest BCUT2D eigenvalue weighted by Crippen LogP contribution is 2.02. The first kappa shape index (κ1) is 13.2. The SMILES string of the molecule is O=S(=O)(O)CCCCOCc1ccccc1. The molecule has 1 aromatic rings. The Morgan fingerprint density at radius 1 is 1.12 bits per heavy atom. The van der Waals surface area contributed by atoms with Gasteiger partial charge in [0.05, 0.1) is 12.4 Å². The zero-order valence-corrected chi connectivity index (χ0v) is 9.82. The third-order valence-electron chi connectivity index (χ3n) is 2.05. The van der Waals surface area contributed by atoms with Crippen molar-refractivity contribution in [3.8, 4) is 0 Å². The second-order valence-electron chi connectivity index (χ2n) is 3.53. The molecule has 0 saturated heterocycles. The van der Waals surface area contributed by atoms with Crippen LogP contribution in [-0.4, -0.2) is 25.3 Å². The first-order chi connectivity index (χ1) is 7.58. The van der Waals surface area contributed by atoms with Gasteiger partial charge in [-0.05, 0) is 18.4 Å². The summed E-state index contributed by atoms with van der Waals surface area (Å²) in [5.74, 6) is -0.193. The molecule has 0 aliphatic heterocycles. The van der Waals surface area contributed by atoms with Gasteiger partial charge in [-0.2, -0.15) is 8.42 Å². The lowest BCUT2D eigenvalue weighted by Gasteiger charge is -2.03. The molecular formula is C11H16O4S. The summed E-state index contributed by atoms with van der Waals surface area (Å²) in [5, 5.41) is 0. The molecule has 90 valence electrons. The molecule has 4 nitrogen and oxygen atoms in total. The Hall–Kier alpha value is -0.910. The summed E-state index contributed by atoms with van der Waals surface area (Å²) in [6.07, 6.45) is 1.06. The second kappa shape index (κ2) is 6.62. The minimum Gasteiger partial charge on any atom is -0.377 e. The molecule has 16 heavy (non-hydrogen) atoms. The van der Waals surface area contributed by atoms with Gasteiger partial charge >= 0.3 is 0 Å². The number of hydrogen-bond acceptors (Lipinski definition) is 3. The Bertz CT molecular complexity index is 386. The first-order valence-corrected chi connectivity index (χ1v) is 6.76. The summed E-state index contributed by atoms with van der Waals surface area (Å²) in [6, 6.07) is 9.76. The quantitative estimate of drug-likeness (QED) is 0.587. The van der Waals surface area contributed by atoms with Crippen LogP contribution in [0.15, 0.2) is 30.3 Å². The van der Waals surface area contributed by atoms with Crippen molar-refractivity contribution in [1.82, 2.24) is 0 Å². The van der Waals surface area contributed by atoms with Gasteiger partial charge in [-0.1, -0.05) is 30.3 Å². The average molecular weight is 244 g/mol. The fourth-order valence-corrected chi connectivity index (χ4v) is 1.82. The zero-order valence-electron chi connectivity index (χ0n) is 9.00. The Labute approximate surface area is 96.0 Å². The van der Waals surface area contributed by atoms with E-state index in [-0.39, 0.29) is 5.75 Å². The zero-order chi connectivity index (χ0) is 11.9. The molecule has 0 spiro atoms. The van der Waals surface area contributed by atoms with Crippen LogP contribution < -0.4 is 0 Å². The number of benzene rings is 1. The average Bonchev–Trinajstić information content (AvgIpc) is 2.23. The molecule has 0 unspecified atom stereocenters. The molecule has 0 amide bonds. The van der Waals surface area contributed by atoms with Crippen LogP contribution >= 0.6 is 0 Å². The molecule has 0 radical (unpaired) electrons. The van der Waals surface area contributed by atoms with Crippen molar-refractivity contribution in [1.29, 1.82) is 0 Å². The fourth-order valence-electron chi connectivity index (χ4n) is 1.25. The van der Waals surface area contributed by atoms with Gasteiger partial charge in [0.1, 0.15) is 0 Å². The van der Waals surface area contributed by atoms with Crippen molar-refractivity contribution in [2.45, 2.75) is 19.4 Å². The predicted octanol–water partition coefficient (Wildman–Crippen LogP) is 1.87. The standard InChI is InChI=1S/C11H16O4S/c12-16(13,14)9-5-4-8-15-10-11-6-2-1-3-7-11/h1-3,6-7H,4-5,8-10H2,(H,12,13,14). The normalized spacial score (nSPS) is 11.6. The van der Waals surface area contributed by atoms with Crippen LogP contribution in [0.5, 0.6) is 0 Å². The highest BCUT2D eigenvalue weighted by atomic mass is 32.2. The van der Waals surface area contributed by atoms with E-state index < -0.39 is 10.1 Å². The number of hydrogen-bond donors (Lipinski definition) is 1. The maximum atomic E-state index is 10.4. The van der Waals surface area contributed by atoms with Crippen LogP contribution in [0.4, 0.5) is 0 Å². The van der Waals surface area contributed by atoms with Crippen molar-refractivity contribution < 1.29 is 17.7 Å². The van der Waals surface area contributed by atoms with Gasteiger partial charge in [0.25, 0.3) is 10.1 Å². The third kappa shape index (κ3) is 6.55. The molecule has 1 aromatic carbocycles. The summed E-state index contributed by atoms with van der Waals surface area (Å²) in [4.78, 5) is 0. The van der Waals surface area contributed by atoms with Crippen LogP contribution in [0.25, 0.3) is 0 Å². The fraction of sp³-hybridized carbons (Fsp3) is 0.455. The molecule has 0 fully saturated rings. The predicted molar refractivity (Wildman–Crippen MR) is 61.7 cm³/mol. The first-order valence-electron chi connectivity index (χ1n) is 5.15. The number of unbranched alkanes of at least 4 members (excludes halogenated alkanes) is 1. The highest BCUT2D eigenvalue weighted by Gasteiger charge is 2.02. The molecule has 1 N–H and O–H groups in total. The summed E-state index contributed by atoms with van der Waals surface area (Å²) in [5.41, 5.74) is 1.09. The molecular weight excluding hydrogens is 228 g/mol. The van der Waals surface area contributed by atoms with Gasteiger partial charge in [0.2, 0.25) is 0 Å². The molecule has 1 rings (SSSR count). The summed E-state index contributed by atoms with van der Waals surface area (Å²) >= 11 is 0. The molecule has 0 atom stereocenters. The van der Waals surface area contributed by atoms with Crippen molar-refractivity contribution in [3.05, 3.63) is 35.9 Å². The maximum absolute atomic E-state index is 10.4. The van der Waals surface area contributed by atoms with Crippen molar-refractivity contribution in [2.75, 3.05) is 12.4 Å². The summed E-state index contributed by atoms with van der Waals surface area (Å²) in [7, 11) is -3.82. The lowest BCUT2D eigenvalue weighted by molar-refractivity contribution is 0.118. The van der Waals surface area contributed by atoms with E-state index in [0.717, 1.165) is 5.56 Å². The topological polar surface area (TPSA) is 63.6 Å². The van der Waals surface area contributed by atoms with Crippen LogP contribution in [0.1, 0.15) is 18.4 Å². The van der Waals surface area contributed by atoms with Crippen LogP contribution in [0, 0.1) is 0 Å². The lowest BCUT2D eigenvalue weighted by Crippen LogP contribution is -2.05. The van der Waals surface area contributed by atoms with Crippen molar-refractivity contribution in [3.63, 3.8) is 0 Å². The third-order valence-corrected chi connectivity index (χ3v) is 2.86. The summed E-state index contributed by atoms with van der Waals surface area (Å²) < 4.78 is 34.6. The Kier molecular flexibility index (Phi) is 5.45. The van der Waals surface area contributed by atoms with E-state index in [4.69, 9.17) is 9.29 Å². The van der Waals surface area contributed by atoms with E-state index in [0.29, 0.717) is 26.1 Å². The molecule has 5 heteroatoms. The van der Waals surface area contributed by atoms with Crippen LogP contribution in [0.2, 0.25) is 0 Å². The Balaban J connectivity index is 2.05. The highest BCUT2D eigenvalue weighted by molar-refractivity contribution is 7.85. The summed E-state index contributed by atoms with van der Waals surface area (Å²) in [6.45, 7) is 1.04.